The van der Waals surface area contributed by atoms with E-state index in [2.05, 4.69) is 0 Å². The molecule has 11 heteroatoms. The van der Waals surface area contributed by atoms with Gasteiger partial charge in [-0.1, -0.05) is 6.07 Å². The number of carbonyl (C=O) groups excluding carboxylic acids is 1. The Morgan fingerprint density at radius 3 is 2.04 bits per heavy atom. The molecule has 1 aromatic rings. The van der Waals surface area contributed by atoms with Gasteiger partial charge in [-0.2, -0.15) is 0 Å². The van der Waals surface area contributed by atoms with Crippen LogP contribution in [0.25, 0.3) is 0 Å². The first-order chi connectivity index (χ1) is 13.2. The number of para-hydroxylation sites is 1. The minimum atomic E-state index is -4.12. The molecule has 1 atom stereocenters. The Morgan fingerprint density at radius 1 is 1.14 bits per heavy atom. The van der Waals surface area contributed by atoms with Crippen molar-refractivity contribution in [2.24, 2.45) is 0 Å². The quantitative estimate of drug-likeness (QED) is 0.164. The van der Waals surface area contributed by atoms with Crippen LogP contribution in [-0.2, 0) is 18.4 Å². The van der Waals surface area contributed by atoms with Gasteiger partial charge in [0.25, 0.3) is 0 Å². The predicted octanol–water partition coefficient (Wildman–Crippen LogP) is 3.65. The molecule has 0 bridgehead atoms. The summed E-state index contributed by atoms with van der Waals surface area (Å²) in [6, 6.07) is 4.80. The Balaban J connectivity index is 3.03. The number of nitro groups is 1. The van der Waals surface area contributed by atoms with Crippen LogP contribution in [-0.4, -0.2) is 43.6 Å². The SMILES string of the molecule is CCOP(=O)(OCC)C(C)(CCC(=O)Oc1c(OC)cccc1OC)[N+](=O)[O-]. The number of rotatable bonds is 12. The van der Waals surface area contributed by atoms with Crippen molar-refractivity contribution < 1.29 is 37.5 Å². The number of esters is 1. The highest BCUT2D eigenvalue weighted by Crippen LogP contribution is 2.61. The number of hydrogen-bond donors (Lipinski definition) is 0. The van der Waals surface area contributed by atoms with E-state index in [1.165, 1.54) is 14.2 Å². The number of ether oxygens (including phenoxy) is 3. The first kappa shape index (κ1) is 23.9. The lowest BCUT2D eigenvalue weighted by atomic mass is 10.2. The fraction of sp³-hybridized carbons (Fsp3) is 0.588. The summed E-state index contributed by atoms with van der Waals surface area (Å²) < 4.78 is 38.8. The van der Waals surface area contributed by atoms with Gasteiger partial charge >= 0.3 is 18.8 Å². The first-order valence-electron chi connectivity index (χ1n) is 8.64. The second-order valence-electron chi connectivity index (χ2n) is 5.77. The molecular formula is C17H26NO9P. The standard InChI is InChI=1S/C17H26NO9P/c1-6-25-28(22,26-7-2)17(3,18(20)21)12-11-15(19)27-16-13(23-4)9-8-10-14(16)24-5/h8-10H,6-7,11-12H2,1-5H3. The van der Waals surface area contributed by atoms with E-state index >= 15 is 0 Å². The minimum absolute atomic E-state index is 0.0381. The van der Waals surface area contributed by atoms with Gasteiger partial charge in [0.05, 0.1) is 33.9 Å². The summed E-state index contributed by atoms with van der Waals surface area (Å²) in [5.74, 6) is -0.202. The van der Waals surface area contributed by atoms with Crippen molar-refractivity contribution in [1.29, 1.82) is 0 Å². The highest BCUT2D eigenvalue weighted by atomic mass is 31.2. The number of methoxy groups -OCH3 is 2. The lowest BCUT2D eigenvalue weighted by Crippen LogP contribution is -2.37. The van der Waals surface area contributed by atoms with Gasteiger partial charge in [0, 0.05) is 18.3 Å². The monoisotopic (exact) mass is 419 g/mol. The third-order valence-corrected chi connectivity index (χ3v) is 6.75. The molecule has 0 fully saturated rings. The Morgan fingerprint density at radius 2 is 1.64 bits per heavy atom. The maximum atomic E-state index is 13.0. The average Bonchev–Trinajstić information content (AvgIpc) is 2.66. The van der Waals surface area contributed by atoms with E-state index in [1.54, 1.807) is 32.0 Å². The Labute approximate surface area is 163 Å². The molecule has 0 N–H and O–H groups in total. The first-order valence-corrected chi connectivity index (χ1v) is 10.2. The number of nitrogens with zero attached hydrogens (tertiary/aromatic N) is 1. The van der Waals surface area contributed by atoms with E-state index < -0.39 is 36.6 Å². The van der Waals surface area contributed by atoms with Gasteiger partial charge in [0.1, 0.15) is 0 Å². The van der Waals surface area contributed by atoms with Crippen LogP contribution in [0, 0.1) is 10.1 Å². The lowest BCUT2D eigenvalue weighted by Gasteiger charge is -2.28. The van der Waals surface area contributed by atoms with E-state index in [4.69, 9.17) is 23.3 Å². The fourth-order valence-electron chi connectivity index (χ4n) is 2.41. The summed E-state index contributed by atoms with van der Waals surface area (Å²) in [4.78, 5) is 23.3. The van der Waals surface area contributed by atoms with Gasteiger partial charge in [-0.3, -0.25) is 19.5 Å². The largest absolute Gasteiger partial charge is 0.493 e. The zero-order valence-corrected chi connectivity index (χ0v) is 17.5. The van der Waals surface area contributed by atoms with Crippen LogP contribution in [0.3, 0.4) is 0 Å². The van der Waals surface area contributed by atoms with Crippen molar-refractivity contribution in [3.63, 3.8) is 0 Å². The molecule has 0 radical (unpaired) electrons. The van der Waals surface area contributed by atoms with Crippen LogP contribution >= 0.6 is 7.60 Å². The summed E-state index contributed by atoms with van der Waals surface area (Å²) in [7, 11) is -1.32. The third-order valence-electron chi connectivity index (χ3n) is 3.98. The maximum absolute atomic E-state index is 13.0. The highest BCUT2D eigenvalue weighted by Gasteiger charge is 2.58. The van der Waals surface area contributed by atoms with E-state index in [9.17, 15) is 19.5 Å². The molecule has 0 aliphatic rings. The van der Waals surface area contributed by atoms with Crippen LogP contribution in [0.1, 0.15) is 33.6 Å². The van der Waals surface area contributed by atoms with Crippen LogP contribution < -0.4 is 14.2 Å². The van der Waals surface area contributed by atoms with Gasteiger partial charge in [-0.25, -0.2) is 0 Å². The molecule has 1 aromatic carbocycles. The molecule has 10 nitrogen and oxygen atoms in total. The van der Waals surface area contributed by atoms with Gasteiger partial charge in [-0.15, -0.1) is 0 Å². The van der Waals surface area contributed by atoms with Crippen molar-refractivity contribution >= 4 is 13.6 Å². The van der Waals surface area contributed by atoms with Gasteiger partial charge in [-0.05, 0) is 26.0 Å². The molecular weight excluding hydrogens is 393 g/mol. The van der Waals surface area contributed by atoms with Crippen molar-refractivity contribution in [1.82, 2.24) is 0 Å². The molecule has 158 valence electrons. The fourth-order valence-corrected chi connectivity index (χ4v) is 4.30. The van der Waals surface area contributed by atoms with Crippen molar-refractivity contribution in [2.45, 2.75) is 38.9 Å². The summed E-state index contributed by atoms with van der Waals surface area (Å²) in [6.45, 7) is 4.16. The molecule has 0 heterocycles. The Hall–Kier alpha value is -2.16. The lowest BCUT2D eigenvalue weighted by molar-refractivity contribution is -0.541. The minimum Gasteiger partial charge on any atom is -0.493 e. The zero-order valence-electron chi connectivity index (χ0n) is 16.6. The topological polar surface area (TPSA) is 123 Å². The van der Waals surface area contributed by atoms with Gasteiger partial charge in [0.2, 0.25) is 5.75 Å². The number of benzene rings is 1. The van der Waals surface area contributed by atoms with Crippen LogP contribution in [0.5, 0.6) is 17.2 Å². The second-order valence-corrected chi connectivity index (χ2v) is 8.25. The molecule has 1 unspecified atom stereocenters. The van der Waals surface area contributed by atoms with E-state index in [-0.39, 0.29) is 30.5 Å². The predicted molar refractivity (Wildman–Crippen MR) is 101 cm³/mol. The molecule has 0 amide bonds. The molecule has 1 rings (SSSR count). The molecule has 0 saturated carbocycles. The van der Waals surface area contributed by atoms with E-state index in [0.29, 0.717) is 0 Å². The van der Waals surface area contributed by atoms with Crippen molar-refractivity contribution in [3.05, 3.63) is 28.3 Å². The molecule has 0 saturated heterocycles. The third kappa shape index (κ3) is 5.21. The Bertz CT molecular complexity index is 707. The molecule has 0 spiro atoms. The normalized spacial score (nSPS) is 13.5. The van der Waals surface area contributed by atoms with Crippen LogP contribution in [0.15, 0.2) is 18.2 Å². The molecule has 0 aliphatic heterocycles. The second kappa shape index (κ2) is 10.4. The zero-order chi connectivity index (χ0) is 21.4. The molecule has 28 heavy (non-hydrogen) atoms. The molecule has 0 aliphatic carbocycles. The summed E-state index contributed by atoms with van der Waals surface area (Å²) >= 11 is 0. The van der Waals surface area contributed by atoms with Crippen molar-refractivity contribution in [2.75, 3.05) is 27.4 Å². The molecule has 0 aromatic heterocycles. The Kier molecular flexibility index (Phi) is 8.87. The van der Waals surface area contributed by atoms with Crippen LogP contribution in [0.2, 0.25) is 0 Å². The smallest absolute Gasteiger partial charge is 0.406 e. The van der Waals surface area contributed by atoms with Gasteiger partial charge in [0.15, 0.2) is 11.5 Å². The summed E-state index contributed by atoms with van der Waals surface area (Å²) in [6.07, 6.45) is -0.809. The summed E-state index contributed by atoms with van der Waals surface area (Å²) in [5.41, 5.74) is 0. The van der Waals surface area contributed by atoms with Crippen LogP contribution in [0.4, 0.5) is 0 Å². The average molecular weight is 419 g/mol. The maximum Gasteiger partial charge on any atom is 0.406 e. The van der Waals surface area contributed by atoms with E-state index in [0.717, 1.165) is 6.92 Å². The number of hydrogen-bond acceptors (Lipinski definition) is 9. The number of carbonyl (C=O) groups is 1. The van der Waals surface area contributed by atoms with E-state index in [1.807, 2.05) is 0 Å². The van der Waals surface area contributed by atoms with Crippen molar-refractivity contribution in [3.8, 4) is 17.2 Å². The van der Waals surface area contributed by atoms with Gasteiger partial charge < -0.3 is 23.3 Å². The summed E-state index contributed by atoms with van der Waals surface area (Å²) in [5, 5.41) is 9.56. The highest BCUT2D eigenvalue weighted by molar-refractivity contribution is 7.55.